The molecule has 166 valence electrons. The van der Waals surface area contributed by atoms with Crippen LogP contribution < -0.4 is 10.6 Å². The van der Waals surface area contributed by atoms with Gasteiger partial charge < -0.3 is 24.8 Å². The monoisotopic (exact) mass is 520 g/mol. The van der Waals surface area contributed by atoms with E-state index < -0.39 is 0 Å². The predicted octanol–water partition coefficient (Wildman–Crippen LogP) is 3.12. The molecule has 0 saturated carbocycles. The molecule has 9 heteroatoms. The molecule has 0 aromatic carbocycles. The first-order chi connectivity index (χ1) is 13.4. The number of carbonyl (C=O) groups is 1. The second-order valence-corrected chi connectivity index (χ2v) is 7.91. The van der Waals surface area contributed by atoms with Gasteiger partial charge in [0, 0.05) is 45.1 Å². The summed E-state index contributed by atoms with van der Waals surface area (Å²) in [7, 11) is 1.81. The van der Waals surface area contributed by atoms with Crippen molar-refractivity contribution in [3.8, 4) is 0 Å². The molecule has 8 nitrogen and oxygen atoms in total. The van der Waals surface area contributed by atoms with E-state index in [2.05, 4.69) is 50.8 Å². The number of aliphatic imine (C=N–C) groups is 1. The van der Waals surface area contributed by atoms with Crippen LogP contribution in [0.1, 0.15) is 46.6 Å². The van der Waals surface area contributed by atoms with E-state index in [4.69, 9.17) is 4.74 Å². The van der Waals surface area contributed by atoms with Crippen LogP contribution in [-0.2, 0) is 4.74 Å². The van der Waals surface area contributed by atoms with Crippen LogP contribution in [-0.4, -0.2) is 65.8 Å². The van der Waals surface area contributed by atoms with Crippen molar-refractivity contribution < 1.29 is 9.53 Å². The third-order valence-corrected chi connectivity index (χ3v) is 5.20. The van der Waals surface area contributed by atoms with Crippen LogP contribution in [0.3, 0.4) is 0 Å². The zero-order valence-corrected chi connectivity index (χ0v) is 20.6. The van der Waals surface area contributed by atoms with E-state index >= 15 is 0 Å². The molecular formula is C20H37IN6O2. The van der Waals surface area contributed by atoms with Gasteiger partial charge in [0.2, 0.25) is 0 Å². The molecule has 29 heavy (non-hydrogen) atoms. The number of carbonyl (C=O) groups excluding carboxylic acids is 1. The van der Waals surface area contributed by atoms with Gasteiger partial charge in [-0.05, 0) is 31.6 Å². The fourth-order valence-electron chi connectivity index (χ4n) is 3.74. The molecule has 0 bridgehead atoms. The molecule has 3 atom stereocenters. The molecule has 3 unspecified atom stereocenters. The van der Waals surface area contributed by atoms with Crippen LogP contribution in [0.2, 0.25) is 0 Å². The minimum Gasteiger partial charge on any atom is -0.450 e. The van der Waals surface area contributed by atoms with Crippen molar-refractivity contribution in [3.05, 3.63) is 18.7 Å². The van der Waals surface area contributed by atoms with Gasteiger partial charge in [-0.3, -0.25) is 4.99 Å². The molecule has 0 spiro atoms. The summed E-state index contributed by atoms with van der Waals surface area (Å²) < 4.78 is 7.23. The van der Waals surface area contributed by atoms with Crippen molar-refractivity contribution in [2.75, 3.05) is 33.3 Å². The van der Waals surface area contributed by atoms with Crippen LogP contribution in [0.5, 0.6) is 0 Å². The van der Waals surface area contributed by atoms with Crippen molar-refractivity contribution in [3.63, 3.8) is 0 Å². The number of hydrogen-bond acceptors (Lipinski definition) is 4. The van der Waals surface area contributed by atoms with Crippen molar-refractivity contribution in [1.29, 1.82) is 0 Å². The largest absolute Gasteiger partial charge is 0.450 e. The number of halogens is 1. The molecule has 2 heterocycles. The first kappa shape index (κ1) is 25.5. The molecule has 1 aliphatic rings. The van der Waals surface area contributed by atoms with Crippen LogP contribution in [0, 0.1) is 11.8 Å². The Morgan fingerprint density at radius 2 is 2.17 bits per heavy atom. The van der Waals surface area contributed by atoms with Gasteiger partial charge in [-0.2, -0.15) is 0 Å². The molecule has 1 aromatic rings. The Kier molecular flexibility index (Phi) is 11.4. The minimum absolute atomic E-state index is 0. The van der Waals surface area contributed by atoms with E-state index in [1.54, 1.807) is 0 Å². The third kappa shape index (κ3) is 8.02. The summed E-state index contributed by atoms with van der Waals surface area (Å²) in [6.07, 6.45) is 7.36. The molecule has 1 aromatic heterocycles. The standard InChI is InChI=1S/C20H36N6O2.HI/c1-6-28-20(27)24-17(11-15(2)3)12-23-19(21-5)25-9-7-16(4)18(13-25)26-10-8-22-14-26;/h8,10,14-18H,6-7,9,11-13H2,1-5H3,(H,21,23)(H,24,27);1H. The molecule has 1 amide bonds. The summed E-state index contributed by atoms with van der Waals surface area (Å²) in [5.41, 5.74) is 0. The number of imidazole rings is 1. The van der Waals surface area contributed by atoms with Crippen molar-refractivity contribution >= 4 is 36.0 Å². The number of guanidine groups is 1. The number of ether oxygens (including phenoxy) is 1. The Bertz CT molecular complexity index is 622. The number of hydrogen-bond donors (Lipinski definition) is 2. The highest BCUT2D eigenvalue weighted by atomic mass is 127. The first-order valence-corrected chi connectivity index (χ1v) is 10.3. The summed E-state index contributed by atoms with van der Waals surface area (Å²) in [4.78, 5) is 22.8. The fourth-order valence-corrected chi connectivity index (χ4v) is 3.74. The summed E-state index contributed by atoms with van der Waals surface area (Å²) in [5.74, 6) is 1.93. The number of likely N-dealkylation sites (tertiary alicyclic amines) is 1. The van der Waals surface area contributed by atoms with Gasteiger partial charge >= 0.3 is 6.09 Å². The summed E-state index contributed by atoms with van der Waals surface area (Å²) in [5, 5.41) is 6.41. The summed E-state index contributed by atoms with van der Waals surface area (Å²) >= 11 is 0. The number of alkyl carbamates (subject to hydrolysis) is 1. The zero-order chi connectivity index (χ0) is 20.5. The molecule has 1 aliphatic heterocycles. The number of nitrogens with one attached hydrogen (secondary N) is 2. The smallest absolute Gasteiger partial charge is 0.407 e. The summed E-state index contributed by atoms with van der Waals surface area (Å²) in [6.45, 7) is 11.2. The highest BCUT2D eigenvalue weighted by Crippen LogP contribution is 2.27. The van der Waals surface area contributed by atoms with Gasteiger partial charge in [-0.25, -0.2) is 9.78 Å². The lowest BCUT2D eigenvalue weighted by molar-refractivity contribution is 0.146. The van der Waals surface area contributed by atoms with Crippen LogP contribution >= 0.6 is 24.0 Å². The van der Waals surface area contributed by atoms with E-state index in [0.29, 0.717) is 31.0 Å². The lowest BCUT2D eigenvalue weighted by atomic mass is 9.93. The number of amides is 1. The molecular weight excluding hydrogens is 483 g/mol. The molecule has 0 aliphatic carbocycles. The van der Waals surface area contributed by atoms with E-state index in [1.165, 1.54) is 0 Å². The van der Waals surface area contributed by atoms with Crippen molar-refractivity contribution in [2.45, 2.75) is 52.6 Å². The van der Waals surface area contributed by atoms with E-state index in [0.717, 1.165) is 31.9 Å². The normalized spacial score (nSPS) is 20.8. The Morgan fingerprint density at radius 3 is 2.76 bits per heavy atom. The third-order valence-electron chi connectivity index (χ3n) is 5.20. The van der Waals surface area contributed by atoms with E-state index in [-0.39, 0.29) is 36.1 Å². The lowest BCUT2D eigenvalue weighted by Crippen LogP contribution is -2.52. The molecule has 1 saturated heterocycles. The van der Waals surface area contributed by atoms with Crippen molar-refractivity contribution in [1.82, 2.24) is 25.1 Å². The van der Waals surface area contributed by atoms with Crippen LogP contribution in [0.25, 0.3) is 0 Å². The lowest BCUT2D eigenvalue weighted by Gasteiger charge is -2.39. The van der Waals surface area contributed by atoms with Crippen molar-refractivity contribution in [2.24, 2.45) is 16.8 Å². The highest BCUT2D eigenvalue weighted by Gasteiger charge is 2.29. The topological polar surface area (TPSA) is 83.8 Å². The van der Waals surface area contributed by atoms with E-state index in [1.807, 2.05) is 32.7 Å². The quantitative estimate of drug-likeness (QED) is 0.328. The Morgan fingerprint density at radius 1 is 1.41 bits per heavy atom. The Hall–Kier alpha value is -1.52. The van der Waals surface area contributed by atoms with Gasteiger partial charge in [0.15, 0.2) is 5.96 Å². The second-order valence-electron chi connectivity index (χ2n) is 7.91. The van der Waals surface area contributed by atoms with Crippen LogP contribution in [0.15, 0.2) is 23.7 Å². The van der Waals surface area contributed by atoms with Gasteiger partial charge in [0.1, 0.15) is 0 Å². The molecule has 0 radical (unpaired) electrons. The maximum atomic E-state index is 11.9. The van der Waals surface area contributed by atoms with Crippen LogP contribution in [0.4, 0.5) is 4.79 Å². The number of aromatic nitrogens is 2. The van der Waals surface area contributed by atoms with Gasteiger partial charge in [0.05, 0.1) is 19.0 Å². The summed E-state index contributed by atoms with van der Waals surface area (Å²) in [6, 6.07) is 0.364. The average Bonchev–Trinajstić information content (AvgIpc) is 3.17. The predicted molar refractivity (Wildman–Crippen MR) is 127 cm³/mol. The van der Waals surface area contributed by atoms with E-state index in [9.17, 15) is 4.79 Å². The molecule has 2 N–H and O–H groups in total. The fraction of sp³-hybridized carbons (Fsp3) is 0.750. The maximum absolute atomic E-state index is 11.9. The second kappa shape index (κ2) is 12.9. The van der Waals surface area contributed by atoms with Gasteiger partial charge in [-0.15, -0.1) is 24.0 Å². The van der Waals surface area contributed by atoms with Gasteiger partial charge in [0.25, 0.3) is 0 Å². The number of piperidine rings is 1. The Labute approximate surface area is 191 Å². The first-order valence-electron chi connectivity index (χ1n) is 10.3. The number of rotatable bonds is 7. The van der Waals surface area contributed by atoms with Gasteiger partial charge in [-0.1, -0.05) is 20.8 Å². The zero-order valence-electron chi connectivity index (χ0n) is 18.3. The number of nitrogens with zero attached hydrogens (tertiary/aromatic N) is 4. The molecule has 2 rings (SSSR count). The SMILES string of the molecule is CCOC(=O)NC(CNC(=NC)N1CCC(C)C(n2ccnc2)C1)CC(C)C.I. The Balaban J connectivity index is 0.00000420. The highest BCUT2D eigenvalue weighted by molar-refractivity contribution is 14.0. The maximum Gasteiger partial charge on any atom is 0.407 e. The minimum atomic E-state index is -0.364. The molecule has 1 fully saturated rings. The average molecular weight is 520 g/mol.